The van der Waals surface area contributed by atoms with E-state index in [2.05, 4.69) is 20.9 Å². The summed E-state index contributed by atoms with van der Waals surface area (Å²) in [6.07, 6.45) is 1.81. The van der Waals surface area contributed by atoms with Gasteiger partial charge in [-0.3, -0.25) is 4.79 Å². The highest BCUT2D eigenvalue weighted by molar-refractivity contribution is 5.99. The highest BCUT2D eigenvalue weighted by Crippen LogP contribution is 2.24. The summed E-state index contributed by atoms with van der Waals surface area (Å²) in [5.74, 6) is -0.0111. The molecule has 0 aliphatic rings. The molecule has 7 nitrogen and oxygen atoms in total. The fourth-order valence-corrected chi connectivity index (χ4v) is 2.77. The van der Waals surface area contributed by atoms with E-state index in [1.54, 1.807) is 42.5 Å². The van der Waals surface area contributed by atoms with Crippen molar-refractivity contribution in [2.75, 3.05) is 10.6 Å². The first-order chi connectivity index (χ1) is 14.4. The molecule has 156 valence electrons. The minimum Gasteiger partial charge on any atom is -0.441 e. The molecular formula is C22H23FN4O3. The van der Waals surface area contributed by atoms with E-state index in [1.165, 1.54) is 12.3 Å². The number of carbonyl (C=O) groups excluding carboxylic acids is 2. The summed E-state index contributed by atoms with van der Waals surface area (Å²) in [4.78, 5) is 28.4. The molecular weight excluding hydrogens is 387 g/mol. The van der Waals surface area contributed by atoms with E-state index < -0.39 is 5.82 Å². The number of hydrogen-bond donors (Lipinski definition) is 3. The Morgan fingerprint density at radius 1 is 1.03 bits per heavy atom. The molecule has 0 unspecified atom stereocenters. The first-order valence-corrected chi connectivity index (χ1v) is 9.58. The van der Waals surface area contributed by atoms with Crippen LogP contribution in [0, 0.1) is 5.82 Å². The lowest BCUT2D eigenvalue weighted by atomic mass is 10.2. The van der Waals surface area contributed by atoms with E-state index in [4.69, 9.17) is 4.42 Å². The number of carbonyl (C=O) groups is 2. The molecule has 0 bridgehead atoms. The monoisotopic (exact) mass is 410 g/mol. The van der Waals surface area contributed by atoms with Gasteiger partial charge < -0.3 is 20.4 Å². The number of para-hydroxylation sites is 2. The maximum atomic E-state index is 13.9. The van der Waals surface area contributed by atoms with Crippen LogP contribution in [0.4, 0.5) is 20.6 Å². The molecule has 3 N–H and O–H groups in total. The van der Waals surface area contributed by atoms with Crippen molar-refractivity contribution in [3.63, 3.8) is 0 Å². The molecule has 0 spiro atoms. The Kier molecular flexibility index (Phi) is 6.79. The molecule has 1 aromatic heterocycles. The predicted molar refractivity (Wildman–Crippen MR) is 113 cm³/mol. The van der Waals surface area contributed by atoms with Crippen LogP contribution in [0.1, 0.15) is 26.2 Å². The number of urea groups is 1. The highest BCUT2D eigenvalue weighted by atomic mass is 19.1. The maximum absolute atomic E-state index is 13.9. The normalized spacial score (nSPS) is 10.7. The summed E-state index contributed by atoms with van der Waals surface area (Å²) in [5, 5.41) is 8.22. The van der Waals surface area contributed by atoms with E-state index in [1.807, 2.05) is 13.8 Å². The number of oxazole rings is 1. The second-order valence-electron chi connectivity index (χ2n) is 6.95. The summed E-state index contributed by atoms with van der Waals surface area (Å²) in [6.45, 7) is 3.71. The van der Waals surface area contributed by atoms with Gasteiger partial charge in [0.25, 0.3) is 0 Å². The molecule has 0 atom stereocenters. The number of aryl methyl sites for hydroxylation is 1. The lowest BCUT2D eigenvalue weighted by Gasteiger charge is -2.14. The van der Waals surface area contributed by atoms with Gasteiger partial charge in [-0.15, -0.1) is 0 Å². The molecule has 0 saturated heterocycles. The zero-order valence-electron chi connectivity index (χ0n) is 16.7. The van der Waals surface area contributed by atoms with Gasteiger partial charge in [0.15, 0.2) is 11.7 Å². The average molecular weight is 410 g/mol. The molecule has 0 fully saturated rings. The Labute approximate surface area is 173 Å². The van der Waals surface area contributed by atoms with Crippen LogP contribution >= 0.6 is 0 Å². The third-order valence-electron chi connectivity index (χ3n) is 4.13. The van der Waals surface area contributed by atoms with Crippen molar-refractivity contribution in [2.24, 2.45) is 0 Å². The lowest BCUT2D eigenvalue weighted by Crippen LogP contribution is -2.34. The molecule has 1 heterocycles. The van der Waals surface area contributed by atoms with Crippen LogP contribution in [0.25, 0.3) is 11.3 Å². The van der Waals surface area contributed by atoms with Crippen molar-refractivity contribution < 1.29 is 18.4 Å². The molecule has 3 amide bonds. The molecule has 0 radical (unpaired) electrons. The first kappa shape index (κ1) is 21.0. The predicted octanol–water partition coefficient (Wildman–Crippen LogP) is 4.58. The Hall–Kier alpha value is -3.68. The number of amides is 3. The zero-order valence-corrected chi connectivity index (χ0v) is 16.7. The Balaban J connectivity index is 1.58. The van der Waals surface area contributed by atoms with Crippen LogP contribution < -0.4 is 16.0 Å². The lowest BCUT2D eigenvalue weighted by molar-refractivity contribution is -0.116. The number of aromatic nitrogens is 1. The van der Waals surface area contributed by atoms with Crippen LogP contribution in [0.2, 0.25) is 0 Å². The number of anilines is 2. The van der Waals surface area contributed by atoms with Crippen molar-refractivity contribution in [1.82, 2.24) is 10.3 Å². The van der Waals surface area contributed by atoms with Crippen LogP contribution in [0.3, 0.4) is 0 Å². The fourth-order valence-electron chi connectivity index (χ4n) is 2.77. The molecule has 30 heavy (non-hydrogen) atoms. The van der Waals surface area contributed by atoms with E-state index >= 15 is 0 Å². The first-order valence-electron chi connectivity index (χ1n) is 9.58. The van der Waals surface area contributed by atoms with E-state index in [0.29, 0.717) is 28.6 Å². The van der Waals surface area contributed by atoms with Crippen LogP contribution in [-0.2, 0) is 11.2 Å². The van der Waals surface area contributed by atoms with Crippen LogP contribution in [0.15, 0.2) is 59.1 Å². The van der Waals surface area contributed by atoms with Gasteiger partial charge in [0.2, 0.25) is 5.91 Å². The maximum Gasteiger partial charge on any atom is 0.319 e. The van der Waals surface area contributed by atoms with Gasteiger partial charge in [-0.1, -0.05) is 24.3 Å². The van der Waals surface area contributed by atoms with E-state index in [0.717, 1.165) is 0 Å². The Morgan fingerprint density at radius 3 is 2.40 bits per heavy atom. The third kappa shape index (κ3) is 5.66. The average Bonchev–Trinajstić information content (AvgIpc) is 3.16. The highest BCUT2D eigenvalue weighted by Gasteiger charge is 2.13. The minimum atomic E-state index is -0.399. The zero-order chi connectivity index (χ0) is 21.5. The number of rotatable bonds is 7. The van der Waals surface area contributed by atoms with Crippen molar-refractivity contribution in [2.45, 2.75) is 32.7 Å². The van der Waals surface area contributed by atoms with Crippen molar-refractivity contribution in [1.29, 1.82) is 0 Å². The van der Waals surface area contributed by atoms with Crippen molar-refractivity contribution in [3.05, 3.63) is 66.4 Å². The van der Waals surface area contributed by atoms with Gasteiger partial charge in [0, 0.05) is 18.9 Å². The Morgan fingerprint density at radius 2 is 1.70 bits per heavy atom. The van der Waals surface area contributed by atoms with E-state index in [-0.39, 0.29) is 30.8 Å². The number of nitrogens with zero attached hydrogens (tertiary/aromatic N) is 1. The van der Waals surface area contributed by atoms with E-state index in [9.17, 15) is 14.0 Å². The molecule has 0 saturated carbocycles. The van der Waals surface area contributed by atoms with Gasteiger partial charge >= 0.3 is 6.03 Å². The van der Waals surface area contributed by atoms with Gasteiger partial charge in [-0.05, 0) is 38.1 Å². The second kappa shape index (κ2) is 9.69. The molecule has 0 aliphatic carbocycles. The summed E-state index contributed by atoms with van der Waals surface area (Å²) >= 11 is 0. The van der Waals surface area contributed by atoms with Gasteiger partial charge in [-0.2, -0.15) is 0 Å². The quantitative estimate of drug-likeness (QED) is 0.531. The fraction of sp³-hybridized carbons (Fsp3) is 0.227. The third-order valence-corrected chi connectivity index (χ3v) is 4.13. The summed E-state index contributed by atoms with van der Waals surface area (Å²) in [5.41, 5.74) is 1.29. The number of hydrogen-bond acceptors (Lipinski definition) is 4. The van der Waals surface area contributed by atoms with Crippen LogP contribution in [-0.4, -0.2) is 23.0 Å². The summed E-state index contributed by atoms with van der Waals surface area (Å²) in [7, 11) is 0. The molecule has 2 aromatic carbocycles. The minimum absolute atomic E-state index is 0.0122. The topological polar surface area (TPSA) is 96.3 Å². The van der Waals surface area contributed by atoms with Gasteiger partial charge in [0.1, 0.15) is 5.82 Å². The van der Waals surface area contributed by atoms with Gasteiger partial charge in [-0.25, -0.2) is 14.2 Å². The molecule has 3 rings (SSSR count). The summed E-state index contributed by atoms with van der Waals surface area (Å²) in [6, 6.07) is 12.8. The number of halogens is 1. The van der Waals surface area contributed by atoms with Crippen molar-refractivity contribution in [3.8, 4) is 11.3 Å². The second-order valence-corrected chi connectivity index (χ2v) is 6.95. The van der Waals surface area contributed by atoms with Gasteiger partial charge in [0.05, 0.1) is 23.1 Å². The largest absolute Gasteiger partial charge is 0.441 e. The summed E-state index contributed by atoms with van der Waals surface area (Å²) < 4.78 is 19.4. The van der Waals surface area contributed by atoms with Crippen molar-refractivity contribution >= 4 is 23.3 Å². The Bertz CT molecular complexity index is 1030. The number of benzene rings is 2. The number of nitrogens with one attached hydrogen (secondary N) is 3. The van der Waals surface area contributed by atoms with Crippen LogP contribution in [0.5, 0.6) is 0 Å². The standard InChI is InChI=1S/C22H23FN4O3/c1-14(2)25-22(29)27-18-10-6-5-9-17(18)26-20(28)11-12-21-24-13-19(30-21)15-7-3-4-8-16(15)23/h3-10,13-14H,11-12H2,1-2H3,(H,26,28)(H2,25,27,29). The smallest absolute Gasteiger partial charge is 0.319 e. The molecule has 3 aromatic rings. The molecule has 8 heteroatoms. The SMILES string of the molecule is CC(C)NC(=O)Nc1ccccc1NC(=O)CCc1ncc(-c2ccccc2F)o1. The molecule has 0 aliphatic heterocycles.